The third kappa shape index (κ3) is 3.76. The topological polar surface area (TPSA) is 51.0 Å². The lowest BCUT2D eigenvalue weighted by Crippen LogP contribution is -2.26. The van der Waals surface area contributed by atoms with Crippen molar-refractivity contribution in [2.24, 2.45) is 0 Å². The number of nitrogens with zero attached hydrogens (tertiary/aromatic N) is 4. The van der Waals surface area contributed by atoms with Crippen LogP contribution in [-0.2, 0) is 13.1 Å². The lowest BCUT2D eigenvalue weighted by molar-refractivity contribution is 0.0787. The summed E-state index contributed by atoms with van der Waals surface area (Å²) < 4.78 is 1.83. The van der Waals surface area contributed by atoms with Crippen molar-refractivity contribution in [1.82, 2.24) is 19.7 Å². The summed E-state index contributed by atoms with van der Waals surface area (Å²) in [7, 11) is 1.83. The van der Waals surface area contributed by atoms with Gasteiger partial charge in [0, 0.05) is 25.7 Å². The quantitative estimate of drug-likeness (QED) is 0.501. The van der Waals surface area contributed by atoms with E-state index in [1.165, 1.54) is 5.56 Å². The molecule has 0 saturated carbocycles. The molecule has 2 aromatic carbocycles. The molecule has 146 valence electrons. The van der Waals surface area contributed by atoms with Crippen molar-refractivity contribution < 1.29 is 4.79 Å². The van der Waals surface area contributed by atoms with Gasteiger partial charge in [-0.15, -0.1) is 0 Å². The predicted molar refractivity (Wildman–Crippen MR) is 116 cm³/mol. The maximum absolute atomic E-state index is 13.4. The molecule has 0 radical (unpaired) electrons. The van der Waals surface area contributed by atoms with Crippen LogP contribution in [0.4, 0.5) is 0 Å². The van der Waals surface area contributed by atoms with Gasteiger partial charge in [-0.2, -0.15) is 5.10 Å². The van der Waals surface area contributed by atoms with Gasteiger partial charge in [0.1, 0.15) is 0 Å². The molecule has 2 heterocycles. The van der Waals surface area contributed by atoms with E-state index in [0.717, 1.165) is 27.9 Å². The second kappa shape index (κ2) is 7.87. The van der Waals surface area contributed by atoms with Gasteiger partial charge in [0.15, 0.2) is 5.65 Å². The van der Waals surface area contributed by atoms with Gasteiger partial charge in [0.2, 0.25) is 0 Å². The first kappa shape index (κ1) is 18.9. The van der Waals surface area contributed by atoms with E-state index >= 15 is 0 Å². The average molecular weight is 384 g/mol. The number of hydrogen-bond donors (Lipinski definition) is 0. The summed E-state index contributed by atoms with van der Waals surface area (Å²) >= 11 is 0. The summed E-state index contributed by atoms with van der Waals surface area (Å²) in [5.74, 6) is -0.0363. The van der Waals surface area contributed by atoms with Gasteiger partial charge in [0.05, 0.1) is 22.8 Å². The monoisotopic (exact) mass is 384 g/mol. The Labute approximate surface area is 170 Å². The Kier molecular flexibility index (Phi) is 5.12. The maximum atomic E-state index is 13.4. The van der Waals surface area contributed by atoms with Crippen LogP contribution in [0.1, 0.15) is 28.4 Å². The number of rotatable bonds is 5. The highest BCUT2D eigenvalue weighted by atomic mass is 16.2. The van der Waals surface area contributed by atoms with Crippen molar-refractivity contribution in [2.75, 3.05) is 7.05 Å². The van der Waals surface area contributed by atoms with Crippen LogP contribution in [0.25, 0.3) is 22.3 Å². The maximum Gasteiger partial charge on any atom is 0.254 e. The van der Waals surface area contributed by atoms with E-state index in [0.29, 0.717) is 18.7 Å². The molecule has 4 aromatic rings. The van der Waals surface area contributed by atoms with Gasteiger partial charge in [-0.05, 0) is 25.5 Å². The van der Waals surface area contributed by atoms with E-state index < -0.39 is 0 Å². The molecular weight excluding hydrogens is 360 g/mol. The number of carbonyl (C=O) groups is 1. The Morgan fingerprint density at radius 2 is 1.79 bits per heavy atom. The average Bonchev–Trinajstić information content (AvgIpc) is 3.18. The van der Waals surface area contributed by atoms with Crippen LogP contribution < -0.4 is 0 Å². The number of benzene rings is 2. The van der Waals surface area contributed by atoms with Crippen molar-refractivity contribution in [1.29, 1.82) is 0 Å². The molecule has 5 heteroatoms. The fourth-order valence-corrected chi connectivity index (χ4v) is 3.46. The molecule has 0 N–H and O–H groups in total. The molecular formula is C24H24N4O. The normalized spacial score (nSPS) is 11.0. The van der Waals surface area contributed by atoms with Gasteiger partial charge in [-0.1, -0.05) is 60.2 Å². The van der Waals surface area contributed by atoms with E-state index in [-0.39, 0.29) is 5.91 Å². The first-order valence-electron chi connectivity index (χ1n) is 9.80. The van der Waals surface area contributed by atoms with Crippen LogP contribution in [0, 0.1) is 6.92 Å². The number of hydrogen-bond acceptors (Lipinski definition) is 3. The van der Waals surface area contributed by atoms with Crippen LogP contribution in [0.5, 0.6) is 0 Å². The Balaban J connectivity index is 1.76. The number of amides is 1. The molecule has 0 spiro atoms. The molecule has 5 nitrogen and oxygen atoms in total. The minimum atomic E-state index is -0.0363. The van der Waals surface area contributed by atoms with Crippen LogP contribution in [0.3, 0.4) is 0 Å². The molecule has 0 atom stereocenters. The predicted octanol–water partition coefficient (Wildman–Crippen LogP) is 4.70. The Bertz CT molecular complexity index is 1150. The number of aryl methyl sites for hydroxylation is 2. The third-order valence-electron chi connectivity index (χ3n) is 5.10. The number of fused-ring (bicyclic) bond motifs is 1. The second-order valence-corrected chi connectivity index (χ2v) is 7.27. The van der Waals surface area contributed by atoms with Gasteiger partial charge >= 0.3 is 0 Å². The van der Waals surface area contributed by atoms with Crippen LogP contribution >= 0.6 is 0 Å². The van der Waals surface area contributed by atoms with Crippen molar-refractivity contribution >= 4 is 16.9 Å². The van der Waals surface area contributed by atoms with Crippen LogP contribution in [0.2, 0.25) is 0 Å². The van der Waals surface area contributed by atoms with E-state index in [9.17, 15) is 4.79 Å². The van der Waals surface area contributed by atoms with E-state index in [4.69, 9.17) is 4.98 Å². The lowest BCUT2D eigenvalue weighted by atomic mass is 10.1. The van der Waals surface area contributed by atoms with E-state index in [2.05, 4.69) is 36.3 Å². The van der Waals surface area contributed by atoms with Gasteiger partial charge in [-0.3, -0.25) is 4.79 Å². The highest BCUT2D eigenvalue weighted by Crippen LogP contribution is 2.26. The molecule has 1 amide bonds. The second-order valence-electron chi connectivity index (χ2n) is 7.27. The van der Waals surface area contributed by atoms with E-state index in [1.807, 2.05) is 55.1 Å². The summed E-state index contributed by atoms with van der Waals surface area (Å²) in [5, 5.41) is 5.21. The molecule has 0 saturated heterocycles. The molecule has 2 aromatic heterocycles. The van der Waals surface area contributed by atoms with Crippen molar-refractivity contribution in [3.05, 3.63) is 83.6 Å². The third-order valence-corrected chi connectivity index (χ3v) is 5.10. The Hall–Kier alpha value is -3.47. The van der Waals surface area contributed by atoms with Crippen molar-refractivity contribution in [3.63, 3.8) is 0 Å². The molecule has 0 aliphatic heterocycles. The van der Waals surface area contributed by atoms with Gasteiger partial charge in [-0.25, -0.2) is 9.67 Å². The molecule has 0 unspecified atom stereocenters. The smallest absolute Gasteiger partial charge is 0.254 e. The van der Waals surface area contributed by atoms with Gasteiger partial charge in [0.25, 0.3) is 5.91 Å². The number of carbonyl (C=O) groups excluding carboxylic acids is 1. The largest absolute Gasteiger partial charge is 0.337 e. The summed E-state index contributed by atoms with van der Waals surface area (Å²) in [6.45, 7) is 5.32. The van der Waals surface area contributed by atoms with Crippen molar-refractivity contribution in [2.45, 2.75) is 26.9 Å². The zero-order chi connectivity index (χ0) is 20.4. The first-order chi connectivity index (χ1) is 14.1. The van der Waals surface area contributed by atoms with Gasteiger partial charge < -0.3 is 4.90 Å². The fraction of sp³-hybridized carbons (Fsp3) is 0.208. The molecule has 4 rings (SSSR count). The first-order valence-corrected chi connectivity index (χ1v) is 9.80. The number of aromatic nitrogens is 3. The summed E-state index contributed by atoms with van der Waals surface area (Å²) in [6, 6.07) is 20.1. The highest BCUT2D eigenvalue weighted by Gasteiger charge is 2.20. The lowest BCUT2D eigenvalue weighted by Gasteiger charge is -2.18. The molecule has 0 bridgehead atoms. The van der Waals surface area contributed by atoms with Crippen LogP contribution in [0.15, 0.2) is 66.9 Å². The van der Waals surface area contributed by atoms with E-state index in [1.54, 1.807) is 11.1 Å². The molecule has 29 heavy (non-hydrogen) atoms. The zero-order valence-electron chi connectivity index (χ0n) is 17.0. The minimum absolute atomic E-state index is 0.0363. The zero-order valence-corrected chi connectivity index (χ0v) is 17.0. The SMILES string of the molecule is CCn1ncc2c(C(=O)N(C)Cc3ccc(C)cc3)cc(-c3ccccc3)nc21. The standard InChI is InChI=1S/C24H24N4O/c1-4-28-23-21(15-25-28)20(14-22(26-23)19-8-6-5-7-9-19)24(29)27(3)16-18-12-10-17(2)11-13-18/h5-15H,4,16H2,1-3H3. The highest BCUT2D eigenvalue weighted by molar-refractivity contribution is 6.06. The number of pyridine rings is 1. The molecule has 0 fully saturated rings. The minimum Gasteiger partial charge on any atom is -0.337 e. The van der Waals surface area contributed by atoms with Crippen molar-refractivity contribution in [3.8, 4) is 11.3 Å². The summed E-state index contributed by atoms with van der Waals surface area (Å²) in [5.41, 5.74) is 5.43. The summed E-state index contributed by atoms with van der Waals surface area (Å²) in [4.78, 5) is 19.9. The summed E-state index contributed by atoms with van der Waals surface area (Å²) in [6.07, 6.45) is 1.74. The fourth-order valence-electron chi connectivity index (χ4n) is 3.46. The molecule has 0 aliphatic rings. The van der Waals surface area contributed by atoms with Crippen LogP contribution in [-0.4, -0.2) is 32.6 Å². The Morgan fingerprint density at radius 1 is 1.07 bits per heavy atom. The Morgan fingerprint density at radius 3 is 2.48 bits per heavy atom. The molecule has 0 aliphatic carbocycles.